The maximum absolute atomic E-state index is 11.7. The van der Waals surface area contributed by atoms with E-state index in [-0.39, 0.29) is 12.5 Å². The molecule has 1 saturated carbocycles. The first-order valence-electron chi connectivity index (χ1n) is 7.98. The third kappa shape index (κ3) is 6.13. The molecule has 0 heterocycles. The Morgan fingerprint density at radius 2 is 1.95 bits per heavy atom. The summed E-state index contributed by atoms with van der Waals surface area (Å²) in [5.41, 5.74) is 1.95. The molecule has 1 aromatic rings. The van der Waals surface area contributed by atoms with Gasteiger partial charge in [-0.25, -0.2) is 0 Å². The number of anilines is 1. The quantitative estimate of drug-likeness (QED) is 0.687. The first-order chi connectivity index (χ1) is 10.8. The average Bonchev–Trinajstić information content (AvgIpc) is 3.04. The van der Waals surface area contributed by atoms with Crippen molar-refractivity contribution in [2.45, 2.75) is 38.4 Å². The molecule has 1 aliphatic carbocycles. The largest absolute Gasteiger partial charge is 0.383 e. The first kappa shape index (κ1) is 16.9. The van der Waals surface area contributed by atoms with Crippen molar-refractivity contribution in [3.05, 3.63) is 29.8 Å². The Morgan fingerprint density at radius 1 is 1.23 bits per heavy atom. The molecule has 22 heavy (non-hydrogen) atoms. The molecule has 122 valence electrons. The molecule has 5 nitrogen and oxygen atoms in total. The zero-order valence-corrected chi connectivity index (χ0v) is 13.3. The number of benzene rings is 1. The van der Waals surface area contributed by atoms with Crippen LogP contribution >= 0.6 is 0 Å². The van der Waals surface area contributed by atoms with Crippen LogP contribution in [0.25, 0.3) is 0 Å². The van der Waals surface area contributed by atoms with Crippen LogP contribution in [0.5, 0.6) is 0 Å². The van der Waals surface area contributed by atoms with Gasteiger partial charge in [0, 0.05) is 19.3 Å². The van der Waals surface area contributed by atoms with Crippen molar-refractivity contribution in [2.75, 3.05) is 32.1 Å². The van der Waals surface area contributed by atoms with E-state index >= 15 is 0 Å². The Kier molecular flexibility index (Phi) is 7.36. The second-order valence-electron chi connectivity index (χ2n) is 5.63. The summed E-state index contributed by atoms with van der Waals surface area (Å²) in [6, 6.07) is 7.84. The fourth-order valence-corrected chi connectivity index (χ4v) is 2.53. The Morgan fingerprint density at radius 3 is 2.64 bits per heavy atom. The summed E-state index contributed by atoms with van der Waals surface area (Å²) >= 11 is 0. The van der Waals surface area contributed by atoms with Crippen molar-refractivity contribution < 1.29 is 14.3 Å². The van der Waals surface area contributed by atoms with Crippen LogP contribution in [0.1, 0.15) is 31.2 Å². The molecule has 1 aliphatic rings. The summed E-state index contributed by atoms with van der Waals surface area (Å²) in [5.74, 6) is -0.0499. The standard InChI is InChI=1S/C17H26N2O3/c1-21-11-10-18-12-17(20)19-15-8-6-14(7-9-15)13-22-16-4-2-3-5-16/h6-9,16,18H,2-5,10-13H2,1H3,(H,19,20). The number of rotatable bonds is 9. The summed E-state index contributed by atoms with van der Waals surface area (Å²) in [5, 5.41) is 5.87. The van der Waals surface area contributed by atoms with Gasteiger partial charge in [-0.05, 0) is 30.5 Å². The fourth-order valence-electron chi connectivity index (χ4n) is 2.53. The van der Waals surface area contributed by atoms with Crippen LogP contribution in [0.15, 0.2) is 24.3 Å². The number of carbonyl (C=O) groups excluding carboxylic acids is 1. The molecule has 0 atom stereocenters. The summed E-state index contributed by atoms with van der Waals surface area (Å²) in [6.07, 6.45) is 5.37. The molecule has 2 rings (SSSR count). The SMILES string of the molecule is COCCNCC(=O)Nc1ccc(COC2CCCC2)cc1. The van der Waals surface area contributed by atoms with Crippen molar-refractivity contribution in [3.8, 4) is 0 Å². The third-order valence-corrected chi connectivity index (χ3v) is 3.79. The highest BCUT2D eigenvalue weighted by Gasteiger charge is 2.15. The molecule has 0 aromatic heterocycles. The van der Waals surface area contributed by atoms with E-state index in [0.717, 1.165) is 11.3 Å². The van der Waals surface area contributed by atoms with Crippen LogP contribution in [0, 0.1) is 0 Å². The van der Waals surface area contributed by atoms with E-state index in [9.17, 15) is 4.79 Å². The van der Waals surface area contributed by atoms with Crippen LogP contribution in [0.2, 0.25) is 0 Å². The second kappa shape index (κ2) is 9.56. The highest BCUT2D eigenvalue weighted by Crippen LogP contribution is 2.22. The maximum Gasteiger partial charge on any atom is 0.238 e. The minimum atomic E-state index is -0.0499. The van der Waals surface area contributed by atoms with Crippen molar-refractivity contribution in [3.63, 3.8) is 0 Å². The summed E-state index contributed by atoms with van der Waals surface area (Å²) in [4.78, 5) is 11.7. The summed E-state index contributed by atoms with van der Waals surface area (Å²) in [6.45, 7) is 2.21. The Balaban J connectivity index is 1.68. The Bertz CT molecular complexity index is 442. The lowest BCUT2D eigenvalue weighted by Gasteiger charge is -2.11. The molecule has 0 aliphatic heterocycles. The van der Waals surface area contributed by atoms with E-state index in [1.807, 2.05) is 24.3 Å². The normalized spacial score (nSPS) is 15.1. The monoisotopic (exact) mass is 306 g/mol. The molecule has 1 aromatic carbocycles. The molecular weight excluding hydrogens is 280 g/mol. The molecule has 0 unspecified atom stereocenters. The molecule has 1 fully saturated rings. The fraction of sp³-hybridized carbons (Fsp3) is 0.588. The minimum absolute atomic E-state index is 0.0499. The van der Waals surface area contributed by atoms with Gasteiger partial charge in [-0.1, -0.05) is 25.0 Å². The van der Waals surface area contributed by atoms with Crippen molar-refractivity contribution in [1.29, 1.82) is 0 Å². The molecule has 1 amide bonds. The van der Waals surface area contributed by atoms with Crippen LogP contribution in [-0.4, -0.2) is 38.8 Å². The van der Waals surface area contributed by atoms with Gasteiger partial charge in [0.1, 0.15) is 0 Å². The zero-order valence-electron chi connectivity index (χ0n) is 13.3. The number of amides is 1. The van der Waals surface area contributed by atoms with Crippen molar-refractivity contribution in [1.82, 2.24) is 5.32 Å². The topological polar surface area (TPSA) is 59.6 Å². The van der Waals surface area contributed by atoms with Crippen molar-refractivity contribution in [2.24, 2.45) is 0 Å². The van der Waals surface area contributed by atoms with E-state index in [1.165, 1.54) is 25.7 Å². The van der Waals surface area contributed by atoms with Gasteiger partial charge >= 0.3 is 0 Å². The second-order valence-corrected chi connectivity index (χ2v) is 5.63. The van der Waals surface area contributed by atoms with Gasteiger partial charge in [-0.15, -0.1) is 0 Å². The number of methoxy groups -OCH3 is 1. The molecular formula is C17H26N2O3. The van der Waals surface area contributed by atoms with Crippen LogP contribution in [-0.2, 0) is 20.9 Å². The average molecular weight is 306 g/mol. The van der Waals surface area contributed by atoms with Gasteiger partial charge in [0.05, 0.1) is 25.9 Å². The molecule has 0 saturated heterocycles. The number of ether oxygens (including phenoxy) is 2. The highest BCUT2D eigenvalue weighted by molar-refractivity contribution is 5.92. The maximum atomic E-state index is 11.7. The Hall–Kier alpha value is -1.43. The third-order valence-electron chi connectivity index (χ3n) is 3.79. The van der Waals surface area contributed by atoms with Gasteiger partial charge < -0.3 is 20.1 Å². The minimum Gasteiger partial charge on any atom is -0.383 e. The lowest BCUT2D eigenvalue weighted by atomic mass is 10.2. The van der Waals surface area contributed by atoms with E-state index < -0.39 is 0 Å². The van der Waals surface area contributed by atoms with Crippen LogP contribution in [0.3, 0.4) is 0 Å². The van der Waals surface area contributed by atoms with Gasteiger partial charge in [0.25, 0.3) is 0 Å². The van der Waals surface area contributed by atoms with E-state index in [0.29, 0.717) is 25.9 Å². The lowest BCUT2D eigenvalue weighted by molar-refractivity contribution is -0.115. The van der Waals surface area contributed by atoms with Gasteiger partial charge in [0.2, 0.25) is 5.91 Å². The zero-order chi connectivity index (χ0) is 15.6. The number of hydrogen-bond donors (Lipinski definition) is 2. The summed E-state index contributed by atoms with van der Waals surface area (Å²) < 4.78 is 10.8. The molecule has 2 N–H and O–H groups in total. The van der Waals surface area contributed by atoms with E-state index in [1.54, 1.807) is 7.11 Å². The lowest BCUT2D eigenvalue weighted by Crippen LogP contribution is -2.30. The first-order valence-corrected chi connectivity index (χ1v) is 7.98. The number of nitrogens with one attached hydrogen (secondary N) is 2. The van der Waals surface area contributed by atoms with Crippen molar-refractivity contribution >= 4 is 11.6 Å². The molecule has 5 heteroatoms. The summed E-state index contributed by atoms with van der Waals surface area (Å²) in [7, 11) is 1.64. The predicted molar refractivity (Wildman–Crippen MR) is 86.9 cm³/mol. The van der Waals surface area contributed by atoms with Gasteiger partial charge in [-0.2, -0.15) is 0 Å². The predicted octanol–water partition coefficient (Wildman–Crippen LogP) is 2.32. The number of hydrogen-bond acceptors (Lipinski definition) is 4. The highest BCUT2D eigenvalue weighted by atomic mass is 16.5. The smallest absolute Gasteiger partial charge is 0.238 e. The molecule has 0 radical (unpaired) electrons. The molecule has 0 spiro atoms. The Labute approximate surface area is 132 Å². The van der Waals surface area contributed by atoms with E-state index in [2.05, 4.69) is 10.6 Å². The molecule has 0 bridgehead atoms. The van der Waals surface area contributed by atoms with Crippen LogP contribution < -0.4 is 10.6 Å². The van der Waals surface area contributed by atoms with Gasteiger partial charge in [0.15, 0.2) is 0 Å². The van der Waals surface area contributed by atoms with Crippen LogP contribution in [0.4, 0.5) is 5.69 Å². The van der Waals surface area contributed by atoms with E-state index in [4.69, 9.17) is 9.47 Å². The number of carbonyl (C=O) groups is 1. The van der Waals surface area contributed by atoms with Gasteiger partial charge in [-0.3, -0.25) is 4.79 Å².